The zero-order chi connectivity index (χ0) is 13.9. The van der Waals surface area contributed by atoms with E-state index < -0.39 is 12.6 Å². The summed E-state index contributed by atoms with van der Waals surface area (Å²) in [6.45, 7) is 5.94. The lowest BCUT2D eigenvalue weighted by Crippen LogP contribution is -2.20. The minimum absolute atomic E-state index is 0.0728. The molecule has 1 rings (SSSR count). The highest BCUT2D eigenvalue weighted by atomic mass is 19.4. The highest BCUT2D eigenvalue weighted by Gasteiger charge is 2.28. The number of nitrogens with one attached hydrogen (secondary N) is 1. The van der Waals surface area contributed by atoms with Crippen LogP contribution in [-0.4, -0.2) is 13.2 Å². The summed E-state index contributed by atoms with van der Waals surface area (Å²) in [5, 5.41) is 2.98. The SMILES string of the molecule is CNC(CCC(F)(F)F)c1cc(C)c(C)cc1C. The van der Waals surface area contributed by atoms with Crippen LogP contribution in [0.1, 0.15) is 41.1 Å². The van der Waals surface area contributed by atoms with E-state index in [2.05, 4.69) is 5.32 Å². The van der Waals surface area contributed by atoms with Crippen LogP contribution in [0.25, 0.3) is 0 Å². The fourth-order valence-corrected chi connectivity index (χ4v) is 2.12. The van der Waals surface area contributed by atoms with Crippen molar-refractivity contribution in [1.29, 1.82) is 0 Å². The fraction of sp³-hybridized carbons (Fsp3) is 0.571. The molecule has 4 heteroatoms. The Labute approximate surface area is 106 Å². The van der Waals surface area contributed by atoms with Gasteiger partial charge in [-0.25, -0.2) is 0 Å². The van der Waals surface area contributed by atoms with Gasteiger partial charge in [-0.15, -0.1) is 0 Å². The van der Waals surface area contributed by atoms with Crippen molar-refractivity contribution in [2.24, 2.45) is 0 Å². The molecule has 0 aromatic heterocycles. The van der Waals surface area contributed by atoms with Gasteiger partial charge >= 0.3 is 6.18 Å². The average molecular weight is 259 g/mol. The lowest BCUT2D eigenvalue weighted by atomic mass is 9.93. The van der Waals surface area contributed by atoms with Gasteiger partial charge in [0, 0.05) is 12.5 Å². The molecule has 0 bridgehead atoms. The van der Waals surface area contributed by atoms with Crippen LogP contribution in [0.5, 0.6) is 0 Å². The number of hydrogen-bond acceptors (Lipinski definition) is 1. The van der Waals surface area contributed by atoms with Crippen molar-refractivity contribution >= 4 is 0 Å². The molecule has 1 aromatic carbocycles. The van der Waals surface area contributed by atoms with E-state index in [9.17, 15) is 13.2 Å². The van der Waals surface area contributed by atoms with Gasteiger partial charge in [0.1, 0.15) is 0 Å². The summed E-state index contributed by atoms with van der Waals surface area (Å²) in [4.78, 5) is 0. The van der Waals surface area contributed by atoms with Crippen LogP contribution >= 0.6 is 0 Å². The summed E-state index contributed by atoms with van der Waals surface area (Å²) in [6.07, 6.45) is -4.78. The molecule has 102 valence electrons. The van der Waals surface area contributed by atoms with Crippen LogP contribution in [0.4, 0.5) is 13.2 Å². The standard InChI is InChI=1S/C14H20F3N/c1-9-7-11(3)12(8-10(9)2)13(18-4)5-6-14(15,16)17/h7-8,13,18H,5-6H2,1-4H3. The molecule has 1 aromatic rings. The van der Waals surface area contributed by atoms with Crippen molar-refractivity contribution in [1.82, 2.24) is 5.32 Å². The highest BCUT2D eigenvalue weighted by molar-refractivity contribution is 5.38. The largest absolute Gasteiger partial charge is 0.389 e. The van der Waals surface area contributed by atoms with Crippen LogP contribution < -0.4 is 5.32 Å². The number of halogens is 3. The maximum Gasteiger partial charge on any atom is 0.389 e. The molecule has 1 atom stereocenters. The van der Waals surface area contributed by atoms with Gasteiger partial charge in [0.05, 0.1) is 0 Å². The summed E-state index contributed by atoms with van der Waals surface area (Å²) < 4.78 is 36.9. The van der Waals surface area contributed by atoms with Crippen molar-refractivity contribution in [2.75, 3.05) is 7.05 Å². The van der Waals surface area contributed by atoms with Gasteiger partial charge in [0.2, 0.25) is 0 Å². The van der Waals surface area contributed by atoms with Crippen LogP contribution in [0.15, 0.2) is 12.1 Å². The molecule has 0 saturated carbocycles. The van der Waals surface area contributed by atoms with Crippen molar-refractivity contribution in [2.45, 2.75) is 45.8 Å². The summed E-state index contributed by atoms with van der Waals surface area (Å²) in [5.41, 5.74) is 4.29. The Hall–Kier alpha value is -1.03. The van der Waals surface area contributed by atoms with Gasteiger partial charge in [0.25, 0.3) is 0 Å². The smallest absolute Gasteiger partial charge is 0.313 e. The summed E-state index contributed by atoms with van der Waals surface area (Å²) in [6, 6.07) is 3.77. The Bertz CT molecular complexity index is 410. The van der Waals surface area contributed by atoms with E-state index in [0.717, 1.165) is 16.7 Å². The van der Waals surface area contributed by atoms with Crippen molar-refractivity contribution in [3.63, 3.8) is 0 Å². The number of aryl methyl sites for hydroxylation is 3. The number of alkyl halides is 3. The molecule has 0 heterocycles. The molecule has 1 N–H and O–H groups in total. The van der Waals surface area contributed by atoms with E-state index >= 15 is 0 Å². The molecule has 1 nitrogen and oxygen atoms in total. The Morgan fingerprint density at radius 3 is 2.11 bits per heavy atom. The fourth-order valence-electron chi connectivity index (χ4n) is 2.12. The maximum absolute atomic E-state index is 12.3. The molecule has 0 aliphatic heterocycles. The third kappa shape index (κ3) is 4.02. The van der Waals surface area contributed by atoms with Crippen molar-refractivity contribution in [3.05, 3.63) is 34.4 Å². The quantitative estimate of drug-likeness (QED) is 0.853. The first kappa shape index (κ1) is 15.0. The van der Waals surface area contributed by atoms with E-state index in [1.165, 1.54) is 5.56 Å². The molecular formula is C14H20F3N. The van der Waals surface area contributed by atoms with Gasteiger partial charge in [0.15, 0.2) is 0 Å². The second-order valence-corrected chi connectivity index (χ2v) is 4.79. The van der Waals surface area contributed by atoms with E-state index in [1.54, 1.807) is 7.05 Å². The second-order valence-electron chi connectivity index (χ2n) is 4.79. The molecule has 0 aliphatic rings. The van der Waals surface area contributed by atoms with Crippen LogP contribution in [0, 0.1) is 20.8 Å². The minimum Gasteiger partial charge on any atom is -0.313 e. The van der Waals surface area contributed by atoms with Gasteiger partial charge < -0.3 is 5.32 Å². The first-order chi connectivity index (χ1) is 8.24. The Morgan fingerprint density at radius 2 is 1.61 bits per heavy atom. The lowest BCUT2D eigenvalue weighted by molar-refractivity contribution is -0.136. The van der Waals surface area contributed by atoms with E-state index in [1.807, 2.05) is 32.9 Å². The van der Waals surface area contributed by atoms with Crippen molar-refractivity contribution < 1.29 is 13.2 Å². The van der Waals surface area contributed by atoms with Crippen LogP contribution in [-0.2, 0) is 0 Å². The van der Waals surface area contributed by atoms with Gasteiger partial charge in [-0.2, -0.15) is 13.2 Å². The zero-order valence-electron chi connectivity index (χ0n) is 11.3. The molecule has 0 radical (unpaired) electrons. The predicted molar refractivity (Wildman–Crippen MR) is 67.7 cm³/mol. The molecule has 1 unspecified atom stereocenters. The molecule has 0 saturated heterocycles. The molecule has 0 aliphatic carbocycles. The second kappa shape index (κ2) is 5.74. The van der Waals surface area contributed by atoms with Gasteiger partial charge in [-0.3, -0.25) is 0 Å². The maximum atomic E-state index is 12.3. The highest BCUT2D eigenvalue weighted by Crippen LogP contribution is 2.29. The normalized spacial score (nSPS) is 13.7. The molecule has 0 spiro atoms. The Balaban J connectivity index is 2.92. The van der Waals surface area contributed by atoms with Crippen molar-refractivity contribution in [3.8, 4) is 0 Å². The third-order valence-corrected chi connectivity index (χ3v) is 3.32. The summed E-state index contributed by atoms with van der Waals surface area (Å²) in [7, 11) is 1.70. The molecule has 0 amide bonds. The van der Waals surface area contributed by atoms with Gasteiger partial charge in [-0.1, -0.05) is 12.1 Å². The summed E-state index contributed by atoms with van der Waals surface area (Å²) >= 11 is 0. The first-order valence-electron chi connectivity index (χ1n) is 6.06. The predicted octanol–water partition coefficient (Wildman–Crippen LogP) is 4.21. The van der Waals surface area contributed by atoms with E-state index in [-0.39, 0.29) is 12.5 Å². The number of benzene rings is 1. The third-order valence-electron chi connectivity index (χ3n) is 3.32. The molecular weight excluding hydrogens is 239 g/mol. The zero-order valence-corrected chi connectivity index (χ0v) is 11.3. The Morgan fingerprint density at radius 1 is 1.06 bits per heavy atom. The summed E-state index contributed by atoms with van der Waals surface area (Å²) in [5.74, 6) is 0. The Kier molecular flexibility index (Phi) is 4.79. The van der Waals surface area contributed by atoms with E-state index in [0.29, 0.717) is 0 Å². The first-order valence-corrected chi connectivity index (χ1v) is 6.06. The topological polar surface area (TPSA) is 12.0 Å². The number of hydrogen-bond donors (Lipinski definition) is 1. The average Bonchev–Trinajstić information content (AvgIpc) is 2.24. The van der Waals surface area contributed by atoms with E-state index in [4.69, 9.17) is 0 Å². The monoisotopic (exact) mass is 259 g/mol. The number of rotatable bonds is 4. The van der Waals surface area contributed by atoms with Crippen LogP contribution in [0.3, 0.4) is 0 Å². The lowest BCUT2D eigenvalue weighted by Gasteiger charge is -2.21. The molecule has 0 fully saturated rings. The minimum atomic E-state index is -4.09. The molecule has 18 heavy (non-hydrogen) atoms. The van der Waals surface area contributed by atoms with Crippen LogP contribution in [0.2, 0.25) is 0 Å². The van der Waals surface area contributed by atoms with Gasteiger partial charge in [-0.05, 0) is 56.5 Å².